The van der Waals surface area contributed by atoms with Crippen LogP contribution in [0.4, 0.5) is 0 Å². The van der Waals surface area contributed by atoms with Crippen LogP contribution in [0.3, 0.4) is 0 Å². The molecule has 2 aromatic rings. The number of aromatic carboxylic acids is 1. The summed E-state index contributed by atoms with van der Waals surface area (Å²) in [5.41, 5.74) is 0.129. The molecule has 88 valence electrons. The van der Waals surface area contributed by atoms with Crippen molar-refractivity contribution in [3.63, 3.8) is 0 Å². The van der Waals surface area contributed by atoms with Gasteiger partial charge in [0.15, 0.2) is 0 Å². The fourth-order valence-electron chi connectivity index (χ4n) is 1.86. The van der Waals surface area contributed by atoms with Crippen LogP contribution in [-0.2, 0) is 0 Å². The number of rotatable bonds is 3. The summed E-state index contributed by atoms with van der Waals surface area (Å²) in [6.45, 7) is 0. The molecule has 0 saturated heterocycles. The van der Waals surface area contributed by atoms with E-state index in [1.54, 1.807) is 19.2 Å². The normalized spacial score (nSPS) is 10.2. The van der Waals surface area contributed by atoms with Gasteiger partial charge in [-0.05, 0) is 17.5 Å². The van der Waals surface area contributed by atoms with Gasteiger partial charge in [-0.1, -0.05) is 18.2 Å². The molecule has 0 amide bonds. The molecule has 0 spiro atoms. The lowest BCUT2D eigenvalue weighted by Gasteiger charge is -2.12. The summed E-state index contributed by atoms with van der Waals surface area (Å²) >= 11 is 0. The van der Waals surface area contributed by atoms with Crippen molar-refractivity contribution in [3.8, 4) is 11.5 Å². The zero-order chi connectivity index (χ0) is 12.4. The first kappa shape index (κ1) is 11.3. The molecule has 0 saturated carbocycles. The number of ether oxygens (including phenoxy) is 2. The molecule has 4 heteroatoms. The second-order valence-corrected chi connectivity index (χ2v) is 3.51. The van der Waals surface area contributed by atoms with Gasteiger partial charge in [0.1, 0.15) is 17.1 Å². The highest BCUT2D eigenvalue weighted by Crippen LogP contribution is 2.36. The third kappa shape index (κ3) is 1.78. The van der Waals surface area contributed by atoms with E-state index in [1.807, 2.05) is 12.1 Å². The first-order valence-corrected chi connectivity index (χ1v) is 5.06. The summed E-state index contributed by atoms with van der Waals surface area (Å²) in [5.74, 6) is -0.0930. The zero-order valence-electron chi connectivity index (χ0n) is 9.56. The van der Waals surface area contributed by atoms with E-state index in [9.17, 15) is 4.79 Å². The van der Waals surface area contributed by atoms with Crippen molar-refractivity contribution >= 4 is 16.7 Å². The van der Waals surface area contributed by atoms with Crippen molar-refractivity contribution in [1.82, 2.24) is 0 Å². The molecule has 0 atom stereocenters. The molecule has 4 nitrogen and oxygen atoms in total. The number of methoxy groups -OCH3 is 2. The molecule has 0 aromatic heterocycles. The monoisotopic (exact) mass is 232 g/mol. The van der Waals surface area contributed by atoms with E-state index in [2.05, 4.69) is 0 Å². The lowest BCUT2D eigenvalue weighted by atomic mass is 10.0. The molecule has 1 N–H and O–H groups in total. The second kappa shape index (κ2) is 4.33. The van der Waals surface area contributed by atoms with Crippen LogP contribution in [0.5, 0.6) is 11.5 Å². The topological polar surface area (TPSA) is 55.8 Å². The maximum atomic E-state index is 11.1. The quantitative estimate of drug-likeness (QED) is 0.883. The Morgan fingerprint density at radius 1 is 1.12 bits per heavy atom. The van der Waals surface area contributed by atoms with E-state index in [-0.39, 0.29) is 5.56 Å². The van der Waals surface area contributed by atoms with Crippen molar-refractivity contribution in [2.45, 2.75) is 0 Å². The molecule has 0 bridgehead atoms. The van der Waals surface area contributed by atoms with Crippen molar-refractivity contribution in [1.29, 1.82) is 0 Å². The zero-order valence-corrected chi connectivity index (χ0v) is 9.56. The molecule has 2 rings (SSSR count). The Balaban J connectivity index is 2.87. The van der Waals surface area contributed by atoms with Gasteiger partial charge in [0.05, 0.1) is 19.6 Å². The van der Waals surface area contributed by atoms with Crippen molar-refractivity contribution in [2.75, 3.05) is 14.2 Å². The molecular formula is C13H12O4. The Morgan fingerprint density at radius 3 is 2.47 bits per heavy atom. The highest BCUT2D eigenvalue weighted by Gasteiger charge is 2.16. The third-order valence-electron chi connectivity index (χ3n) is 2.61. The summed E-state index contributed by atoms with van der Waals surface area (Å²) in [5, 5.41) is 10.7. The maximum absolute atomic E-state index is 11.1. The first-order valence-electron chi connectivity index (χ1n) is 5.06. The lowest BCUT2D eigenvalue weighted by molar-refractivity contribution is 0.0693. The van der Waals surface area contributed by atoms with Crippen LogP contribution in [0.15, 0.2) is 30.3 Å². The number of carboxylic acids is 1. The first-order chi connectivity index (χ1) is 8.19. The van der Waals surface area contributed by atoms with Crippen molar-refractivity contribution < 1.29 is 19.4 Å². The molecular weight excluding hydrogens is 220 g/mol. The smallest absolute Gasteiger partial charge is 0.339 e. The summed E-state index contributed by atoms with van der Waals surface area (Å²) in [6.07, 6.45) is 0. The Morgan fingerprint density at radius 2 is 1.88 bits per heavy atom. The second-order valence-electron chi connectivity index (χ2n) is 3.51. The molecule has 0 radical (unpaired) electrons. The highest BCUT2D eigenvalue weighted by molar-refractivity contribution is 6.03. The molecule has 2 aromatic carbocycles. The fraction of sp³-hybridized carbons (Fsp3) is 0.154. The standard InChI is InChI=1S/C13H12O4/c1-16-10-5-3-4-8-6-7-9(13(14)15)12(17-2)11(8)10/h3-7H,1-2H3,(H,14,15). The van der Waals surface area contributed by atoms with Crippen molar-refractivity contribution in [2.24, 2.45) is 0 Å². The van der Waals surface area contributed by atoms with Crippen LogP contribution < -0.4 is 9.47 Å². The van der Waals surface area contributed by atoms with E-state index in [0.717, 1.165) is 5.39 Å². The molecule has 0 aliphatic heterocycles. The molecule has 0 unspecified atom stereocenters. The van der Waals surface area contributed by atoms with Crippen LogP contribution in [-0.4, -0.2) is 25.3 Å². The van der Waals surface area contributed by atoms with E-state index in [0.29, 0.717) is 16.9 Å². The maximum Gasteiger partial charge on any atom is 0.339 e. The highest BCUT2D eigenvalue weighted by atomic mass is 16.5. The van der Waals surface area contributed by atoms with Gasteiger partial charge in [0, 0.05) is 0 Å². The third-order valence-corrected chi connectivity index (χ3v) is 2.61. The summed E-state index contributed by atoms with van der Waals surface area (Å²) in [6, 6.07) is 8.77. The average molecular weight is 232 g/mol. The van der Waals surface area contributed by atoms with Crippen LogP contribution in [0, 0.1) is 0 Å². The molecule has 0 fully saturated rings. The molecule has 0 aliphatic carbocycles. The van der Waals surface area contributed by atoms with E-state index >= 15 is 0 Å². The number of carbonyl (C=O) groups is 1. The van der Waals surface area contributed by atoms with Crippen LogP contribution >= 0.6 is 0 Å². The summed E-state index contributed by atoms with van der Waals surface area (Å²) in [4.78, 5) is 11.1. The van der Waals surface area contributed by atoms with Gasteiger partial charge in [0.2, 0.25) is 0 Å². The van der Waals surface area contributed by atoms with Gasteiger partial charge in [-0.25, -0.2) is 4.79 Å². The minimum atomic E-state index is -1.02. The van der Waals surface area contributed by atoms with Crippen LogP contribution in [0.2, 0.25) is 0 Å². The molecule has 17 heavy (non-hydrogen) atoms. The lowest BCUT2D eigenvalue weighted by Crippen LogP contribution is -2.01. The molecule has 0 aliphatic rings. The van der Waals surface area contributed by atoms with E-state index in [4.69, 9.17) is 14.6 Å². The average Bonchev–Trinajstić information content (AvgIpc) is 2.36. The Labute approximate surface area is 98.4 Å². The van der Waals surface area contributed by atoms with E-state index in [1.165, 1.54) is 13.2 Å². The molecule has 0 heterocycles. The minimum absolute atomic E-state index is 0.129. The van der Waals surface area contributed by atoms with Gasteiger partial charge >= 0.3 is 5.97 Å². The fourth-order valence-corrected chi connectivity index (χ4v) is 1.86. The van der Waals surface area contributed by atoms with Gasteiger partial charge in [-0.3, -0.25) is 0 Å². The van der Waals surface area contributed by atoms with Gasteiger partial charge in [-0.2, -0.15) is 0 Å². The van der Waals surface area contributed by atoms with Gasteiger partial charge in [-0.15, -0.1) is 0 Å². The summed E-state index contributed by atoms with van der Waals surface area (Å²) < 4.78 is 10.4. The largest absolute Gasteiger partial charge is 0.496 e. The van der Waals surface area contributed by atoms with Crippen molar-refractivity contribution in [3.05, 3.63) is 35.9 Å². The predicted molar refractivity (Wildman–Crippen MR) is 64.0 cm³/mol. The van der Waals surface area contributed by atoms with Crippen LogP contribution in [0.1, 0.15) is 10.4 Å². The summed E-state index contributed by atoms with van der Waals surface area (Å²) in [7, 11) is 3.00. The predicted octanol–water partition coefficient (Wildman–Crippen LogP) is 2.56. The minimum Gasteiger partial charge on any atom is -0.496 e. The number of hydrogen-bond acceptors (Lipinski definition) is 3. The van der Waals surface area contributed by atoms with E-state index < -0.39 is 5.97 Å². The number of carboxylic acid groups (broad SMARTS) is 1. The number of hydrogen-bond donors (Lipinski definition) is 1. The Hall–Kier alpha value is -2.23. The Kier molecular flexibility index (Phi) is 2.87. The van der Waals surface area contributed by atoms with Gasteiger partial charge in [0.25, 0.3) is 0 Å². The number of benzene rings is 2. The SMILES string of the molecule is COc1cccc2ccc(C(=O)O)c(OC)c12. The number of fused-ring (bicyclic) bond motifs is 1. The Bertz CT molecular complexity index is 575. The van der Waals surface area contributed by atoms with Crippen LogP contribution in [0.25, 0.3) is 10.8 Å². The van der Waals surface area contributed by atoms with Gasteiger partial charge < -0.3 is 14.6 Å².